The number of pyridine rings is 1. The molecular weight excluding hydrogens is 429 g/mol. The molecule has 11 nitrogen and oxygen atoms in total. The monoisotopic (exact) mass is 449 g/mol. The summed E-state index contributed by atoms with van der Waals surface area (Å²) in [7, 11) is 0. The first-order valence-electron chi connectivity index (χ1n) is 10.2. The number of benzene rings is 1. The fourth-order valence-corrected chi connectivity index (χ4v) is 4.75. The van der Waals surface area contributed by atoms with Crippen LogP contribution >= 0.6 is 0 Å². The van der Waals surface area contributed by atoms with Crippen LogP contribution in [-0.4, -0.2) is 59.3 Å². The van der Waals surface area contributed by atoms with E-state index in [1.807, 2.05) is 0 Å². The van der Waals surface area contributed by atoms with Gasteiger partial charge in [0.25, 0.3) is 0 Å². The van der Waals surface area contributed by atoms with Crippen molar-refractivity contribution in [1.82, 2.24) is 4.57 Å². The zero-order valence-corrected chi connectivity index (χ0v) is 17.1. The third-order valence-corrected chi connectivity index (χ3v) is 6.33. The Labute approximate surface area is 180 Å². The van der Waals surface area contributed by atoms with Gasteiger partial charge >= 0.3 is 11.7 Å². The van der Waals surface area contributed by atoms with Crippen molar-refractivity contribution in [3.05, 3.63) is 37.9 Å². The second-order valence-electron chi connectivity index (χ2n) is 8.16. The van der Waals surface area contributed by atoms with Gasteiger partial charge in [0.05, 0.1) is 24.2 Å². The van der Waals surface area contributed by atoms with E-state index in [0.717, 1.165) is 6.20 Å². The van der Waals surface area contributed by atoms with Crippen LogP contribution in [0.2, 0.25) is 0 Å². The van der Waals surface area contributed by atoms with Gasteiger partial charge in [0.2, 0.25) is 11.2 Å². The number of aromatic carboxylic acids is 1. The van der Waals surface area contributed by atoms with Gasteiger partial charge in [0, 0.05) is 32.1 Å². The first kappa shape index (κ1) is 20.6. The topological polar surface area (TPSA) is 133 Å². The van der Waals surface area contributed by atoms with Gasteiger partial charge in [-0.2, -0.15) is 4.39 Å². The average Bonchev–Trinajstić information content (AvgIpc) is 3.20. The third kappa shape index (κ3) is 2.86. The maximum atomic E-state index is 15.7. The second-order valence-corrected chi connectivity index (χ2v) is 8.16. The number of hydrogen-bond acceptors (Lipinski definition) is 8. The molecule has 12 heteroatoms. The summed E-state index contributed by atoms with van der Waals surface area (Å²) in [6.45, 7) is 3.33. The summed E-state index contributed by atoms with van der Waals surface area (Å²) in [6.07, 6.45) is 2.00. The van der Waals surface area contributed by atoms with Gasteiger partial charge in [-0.05, 0) is 6.92 Å². The Kier molecular flexibility index (Phi) is 4.60. The molecule has 1 atom stereocenters. The van der Waals surface area contributed by atoms with Crippen LogP contribution in [0.25, 0.3) is 10.9 Å². The average molecular weight is 449 g/mol. The Morgan fingerprint density at radius 1 is 1.31 bits per heavy atom. The molecule has 1 spiro atoms. The lowest BCUT2D eigenvalue weighted by Crippen LogP contribution is -2.45. The minimum absolute atomic E-state index is 0.000512. The van der Waals surface area contributed by atoms with Crippen molar-refractivity contribution in [2.24, 2.45) is 0 Å². The van der Waals surface area contributed by atoms with Crippen LogP contribution < -0.4 is 15.1 Å². The predicted octanol–water partition coefficient (Wildman–Crippen LogP) is 2.04. The van der Waals surface area contributed by atoms with Gasteiger partial charge in [0.1, 0.15) is 28.8 Å². The van der Waals surface area contributed by atoms with Crippen molar-refractivity contribution in [1.29, 1.82) is 0 Å². The number of nitro groups is 1. The number of carboxylic acid groups (broad SMARTS) is 1. The van der Waals surface area contributed by atoms with E-state index in [1.165, 1.54) is 4.57 Å². The quantitative estimate of drug-likeness (QED) is 0.552. The van der Waals surface area contributed by atoms with Gasteiger partial charge in [0.15, 0.2) is 11.5 Å². The largest absolute Gasteiger partial charge is 0.487 e. The van der Waals surface area contributed by atoms with Crippen molar-refractivity contribution in [3.63, 3.8) is 0 Å². The van der Waals surface area contributed by atoms with Crippen LogP contribution in [0.3, 0.4) is 0 Å². The molecule has 1 aromatic carbocycles. The van der Waals surface area contributed by atoms with Crippen LogP contribution in [0, 0.1) is 15.9 Å². The number of carboxylic acids is 1. The van der Waals surface area contributed by atoms with Crippen LogP contribution in [-0.2, 0) is 9.47 Å². The van der Waals surface area contributed by atoms with E-state index >= 15 is 4.39 Å². The number of hydrogen-bond donors (Lipinski definition) is 1. The maximum absolute atomic E-state index is 15.7. The van der Waals surface area contributed by atoms with Crippen LogP contribution in [0.15, 0.2) is 11.0 Å². The normalized spacial score (nSPS) is 21.7. The standard InChI is InChI=1S/C20H20FN3O8/c1-10-9-30-18-15-12(17(25)11(19(26)27)8-23(10)15)14(24(28)29)13(21)16(18)22-4-2-20(3-5-22)31-6-7-32-20/h8,10H,2-7,9H2,1H3,(H,26,27). The second kappa shape index (κ2) is 7.14. The zero-order chi connectivity index (χ0) is 22.8. The Balaban J connectivity index is 1.77. The van der Waals surface area contributed by atoms with E-state index in [9.17, 15) is 24.8 Å². The lowest BCUT2D eigenvalue weighted by atomic mass is 10.00. The van der Waals surface area contributed by atoms with Gasteiger partial charge in [-0.15, -0.1) is 0 Å². The highest BCUT2D eigenvalue weighted by molar-refractivity contribution is 6.02. The van der Waals surface area contributed by atoms with Gasteiger partial charge in [-0.1, -0.05) is 0 Å². The highest BCUT2D eigenvalue weighted by Crippen LogP contribution is 2.47. The Morgan fingerprint density at radius 3 is 2.56 bits per heavy atom. The van der Waals surface area contributed by atoms with E-state index < -0.39 is 50.6 Å². The molecule has 0 radical (unpaired) electrons. The molecule has 0 amide bonds. The van der Waals surface area contributed by atoms with Crippen LogP contribution in [0.1, 0.15) is 36.2 Å². The number of anilines is 1. The fourth-order valence-electron chi connectivity index (χ4n) is 4.75. The summed E-state index contributed by atoms with van der Waals surface area (Å²) in [6, 6.07) is -0.425. The molecule has 1 aromatic heterocycles. The van der Waals surface area contributed by atoms with Crippen molar-refractivity contribution < 1.29 is 33.4 Å². The van der Waals surface area contributed by atoms with E-state index in [-0.39, 0.29) is 23.6 Å². The molecule has 0 saturated carbocycles. The lowest BCUT2D eigenvalue weighted by Gasteiger charge is -2.40. The van der Waals surface area contributed by atoms with E-state index in [0.29, 0.717) is 39.1 Å². The van der Waals surface area contributed by atoms with E-state index in [2.05, 4.69) is 0 Å². The molecular formula is C20H20FN3O8. The molecule has 5 rings (SSSR count). The van der Waals surface area contributed by atoms with E-state index in [4.69, 9.17) is 14.2 Å². The first-order chi connectivity index (χ1) is 15.2. The number of aromatic nitrogens is 1. The van der Waals surface area contributed by atoms with Crippen molar-refractivity contribution in [2.45, 2.75) is 31.6 Å². The summed E-state index contributed by atoms with van der Waals surface area (Å²) in [5, 5.41) is 20.7. The van der Waals surface area contributed by atoms with Crippen molar-refractivity contribution in [2.75, 3.05) is 37.8 Å². The maximum Gasteiger partial charge on any atom is 0.341 e. The van der Waals surface area contributed by atoms with Gasteiger partial charge in [-0.25, -0.2) is 4.79 Å². The molecule has 1 unspecified atom stereocenters. The molecule has 32 heavy (non-hydrogen) atoms. The fraction of sp³-hybridized carbons (Fsp3) is 0.500. The van der Waals surface area contributed by atoms with E-state index in [1.54, 1.807) is 11.8 Å². The van der Waals surface area contributed by atoms with Gasteiger partial charge in [-0.3, -0.25) is 14.9 Å². The predicted molar refractivity (Wildman–Crippen MR) is 108 cm³/mol. The summed E-state index contributed by atoms with van der Waals surface area (Å²) in [5.74, 6) is -3.50. The first-order valence-corrected chi connectivity index (χ1v) is 10.2. The molecule has 2 aromatic rings. The van der Waals surface area contributed by atoms with Crippen molar-refractivity contribution in [3.8, 4) is 5.75 Å². The number of nitro benzene ring substituents is 1. The number of halogens is 1. The van der Waals surface area contributed by atoms with Crippen LogP contribution in [0.4, 0.5) is 15.8 Å². The van der Waals surface area contributed by atoms with Crippen molar-refractivity contribution >= 4 is 28.2 Å². The molecule has 0 bridgehead atoms. The molecule has 3 aliphatic rings. The number of carbonyl (C=O) groups is 1. The molecule has 0 aliphatic carbocycles. The summed E-state index contributed by atoms with van der Waals surface area (Å²) < 4.78 is 34.3. The Morgan fingerprint density at radius 2 is 1.97 bits per heavy atom. The minimum atomic E-state index is -1.54. The van der Waals surface area contributed by atoms with Gasteiger partial charge < -0.3 is 28.8 Å². The lowest BCUT2D eigenvalue weighted by molar-refractivity contribution is -0.385. The number of piperidine rings is 1. The Hall–Kier alpha value is -3.25. The molecule has 2 fully saturated rings. The summed E-state index contributed by atoms with van der Waals surface area (Å²) in [5.41, 5.74) is -2.92. The minimum Gasteiger partial charge on any atom is -0.487 e. The highest BCUT2D eigenvalue weighted by Gasteiger charge is 2.43. The summed E-state index contributed by atoms with van der Waals surface area (Å²) in [4.78, 5) is 37.0. The zero-order valence-electron chi connectivity index (χ0n) is 17.1. The SMILES string of the molecule is CC1COc2c(N3CCC4(CC3)OCCO4)c(F)c([N+](=O)[O-])c3c(=O)c(C(=O)O)cn1c23. The molecule has 3 aliphatic heterocycles. The third-order valence-electron chi connectivity index (χ3n) is 6.33. The molecule has 1 N–H and O–H groups in total. The highest BCUT2D eigenvalue weighted by atomic mass is 19.1. The Bertz CT molecular complexity index is 1210. The number of ether oxygens (including phenoxy) is 3. The number of rotatable bonds is 3. The molecule has 2 saturated heterocycles. The molecule has 4 heterocycles. The smallest absolute Gasteiger partial charge is 0.341 e. The number of nitrogens with zero attached hydrogens (tertiary/aromatic N) is 3. The molecule has 170 valence electrons. The summed E-state index contributed by atoms with van der Waals surface area (Å²) >= 11 is 0. The van der Waals surface area contributed by atoms with Crippen LogP contribution in [0.5, 0.6) is 5.75 Å².